The van der Waals surface area contributed by atoms with Crippen LogP contribution in [0, 0.1) is 0 Å². The van der Waals surface area contributed by atoms with Crippen molar-refractivity contribution in [3.8, 4) is 0 Å². The number of aromatic nitrogens is 1. The fourth-order valence-electron chi connectivity index (χ4n) is 3.89. The van der Waals surface area contributed by atoms with E-state index < -0.39 is 16.4 Å². The first-order valence-corrected chi connectivity index (χ1v) is 8.52. The topological polar surface area (TPSA) is 42.2 Å². The van der Waals surface area contributed by atoms with E-state index >= 15 is 0 Å². The smallest absolute Gasteiger partial charge is 0.0919 e. The fourth-order valence-corrected chi connectivity index (χ4v) is 6.05. The zero-order valence-electron chi connectivity index (χ0n) is 11.6. The van der Waals surface area contributed by atoms with E-state index in [9.17, 15) is 9.32 Å². The highest BCUT2D eigenvalue weighted by atomic mass is 32.2. The highest BCUT2D eigenvalue weighted by Crippen LogP contribution is 2.46. The molecule has 2 aromatic rings. The van der Waals surface area contributed by atoms with Crippen LogP contribution in [0.2, 0.25) is 0 Å². The minimum atomic E-state index is -0.788. The van der Waals surface area contributed by atoms with Crippen molar-refractivity contribution in [3.63, 3.8) is 0 Å². The van der Waals surface area contributed by atoms with Crippen molar-refractivity contribution < 1.29 is 9.32 Å². The second-order valence-electron chi connectivity index (χ2n) is 6.29. The Bertz CT molecular complexity index is 690. The van der Waals surface area contributed by atoms with Gasteiger partial charge in [-0.25, -0.2) is 0 Å². The largest absolute Gasteiger partial charge is 0.385 e. The summed E-state index contributed by atoms with van der Waals surface area (Å²) in [5, 5.41) is 12.6. The molecule has 2 aliphatic heterocycles. The average molecular weight is 289 g/mol. The summed E-state index contributed by atoms with van der Waals surface area (Å²) in [6.45, 7) is 0. The van der Waals surface area contributed by atoms with Gasteiger partial charge in [-0.3, -0.25) is 4.21 Å². The first-order valence-electron chi connectivity index (χ1n) is 7.24. The predicted molar refractivity (Wildman–Crippen MR) is 81.0 cm³/mol. The summed E-state index contributed by atoms with van der Waals surface area (Å²) in [7, 11) is 1.30. The van der Waals surface area contributed by atoms with Crippen LogP contribution in [0.3, 0.4) is 0 Å². The van der Waals surface area contributed by atoms with E-state index in [1.807, 2.05) is 19.3 Å². The number of rotatable bonds is 1. The van der Waals surface area contributed by atoms with Crippen molar-refractivity contribution in [2.24, 2.45) is 7.05 Å². The zero-order valence-corrected chi connectivity index (χ0v) is 12.4. The van der Waals surface area contributed by atoms with E-state index in [2.05, 4.69) is 22.8 Å². The molecule has 1 aromatic heterocycles. The molecule has 2 unspecified atom stereocenters. The van der Waals surface area contributed by atoms with E-state index in [1.165, 1.54) is 5.52 Å². The van der Waals surface area contributed by atoms with Crippen LogP contribution >= 0.6 is 0 Å². The summed E-state index contributed by atoms with van der Waals surface area (Å²) in [5.74, 6) is 0. The number of aliphatic hydroxyl groups is 1. The van der Waals surface area contributed by atoms with Crippen LogP contribution in [0.4, 0.5) is 0 Å². The van der Waals surface area contributed by atoms with Gasteiger partial charge >= 0.3 is 0 Å². The molecule has 0 amide bonds. The molecule has 106 valence electrons. The minimum Gasteiger partial charge on any atom is -0.385 e. The quantitative estimate of drug-likeness (QED) is 0.876. The van der Waals surface area contributed by atoms with Gasteiger partial charge in [0.05, 0.1) is 5.60 Å². The van der Waals surface area contributed by atoms with Crippen molar-refractivity contribution in [1.29, 1.82) is 0 Å². The number of fused-ring (bicyclic) bond motifs is 3. The van der Waals surface area contributed by atoms with Crippen molar-refractivity contribution >= 4 is 21.7 Å². The number of aryl methyl sites for hydroxylation is 1. The van der Waals surface area contributed by atoms with Gasteiger partial charge in [-0.1, -0.05) is 6.07 Å². The molecule has 4 heteroatoms. The molecular formula is C16H19NO2S. The number of nitrogens with zero attached hydrogens (tertiary/aromatic N) is 1. The molecule has 2 saturated heterocycles. The first-order chi connectivity index (χ1) is 9.57. The van der Waals surface area contributed by atoms with Gasteiger partial charge in [-0.2, -0.15) is 0 Å². The van der Waals surface area contributed by atoms with E-state index in [1.54, 1.807) is 0 Å². The lowest BCUT2D eigenvalue weighted by atomic mass is 9.85. The fraction of sp³-hybridized carbons (Fsp3) is 0.500. The Balaban J connectivity index is 1.76. The van der Waals surface area contributed by atoms with Crippen LogP contribution in [0.5, 0.6) is 0 Å². The molecule has 0 spiro atoms. The van der Waals surface area contributed by atoms with Crippen LogP contribution in [0.1, 0.15) is 31.2 Å². The molecular weight excluding hydrogens is 270 g/mol. The monoisotopic (exact) mass is 289 g/mol. The zero-order chi connectivity index (χ0) is 13.9. The summed E-state index contributed by atoms with van der Waals surface area (Å²) in [6, 6.07) is 8.30. The maximum atomic E-state index is 12.1. The van der Waals surface area contributed by atoms with Crippen molar-refractivity contribution in [2.45, 2.75) is 41.8 Å². The van der Waals surface area contributed by atoms with Gasteiger partial charge in [0.1, 0.15) is 0 Å². The first kappa shape index (κ1) is 12.6. The molecule has 4 rings (SSSR count). The van der Waals surface area contributed by atoms with Gasteiger partial charge in [0, 0.05) is 40.1 Å². The second kappa shape index (κ2) is 4.18. The molecule has 3 heterocycles. The molecule has 2 aliphatic rings. The van der Waals surface area contributed by atoms with E-state index in [0.29, 0.717) is 12.8 Å². The van der Waals surface area contributed by atoms with Crippen LogP contribution in [-0.4, -0.2) is 24.4 Å². The number of hydrogen-bond acceptors (Lipinski definition) is 2. The lowest BCUT2D eigenvalue weighted by molar-refractivity contribution is 0.0186. The highest BCUT2D eigenvalue weighted by Gasteiger charge is 2.48. The molecule has 0 aliphatic carbocycles. The van der Waals surface area contributed by atoms with Crippen LogP contribution in [0.15, 0.2) is 30.5 Å². The van der Waals surface area contributed by atoms with E-state index in [0.717, 1.165) is 23.8 Å². The molecule has 1 N–H and O–H groups in total. The molecule has 0 radical (unpaired) electrons. The normalized spacial score (nSPS) is 36.6. The average Bonchev–Trinajstić information content (AvgIpc) is 2.89. The molecule has 2 atom stereocenters. The maximum absolute atomic E-state index is 12.1. The highest BCUT2D eigenvalue weighted by molar-refractivity contribution is 7.86. The maximum Gasteiger partial charge on any atom is 0.0919 e. The van der Waals surface area contributed by atoms with E-state index in [-0.39, 0.29) is 10.5 Å². The molecule has 2 bridgehead atoms. The van der Waals surface area contributed by atoms with Crippen LogP contribution in [-0.2, 0) is 23.4 Å². The SMILES string of the molecule is Cn1ccc2cc(C3(O)CC4CCC(C3)S4=O)ccc21. The molecule has 20 heavy (non-hydrogen) atoms. The molecule has 0 saturated carbocycles. The predicted octanol–water partition coefficient (Wildman–Crippen LogP) is 2.44. The summed E-state index contributed by atoms with van der Waals surface area (Å²) >= 11 is 0. The minimum absolute atomic E-state index is 0.185. The van der Waals surface area contributed by atoms with Gasteiger partial charge < -0.3 is 9.67 Å². The van der Waals surface area contributed by atoms with E-state index in [4.69, 9.17) is 0 Å². The van der Waals surface area contributed by atoms with Gasteiger partial charge in [0.25, 0.3) is 0 Å². The van der Waals surface area contributed by atoms with Crippen molar-refractivity contribution in [1.82, 2.24) is 4.57 Å². The summed E-state index contributed by atoms with van der Waals surface area (Å²) < 4.78 is 14.2. The Hall–Kier alpha value is -1.13. The lowest BCUT2D eigenvalue weighted by Crippen LogP contribution is -2.40. The lowest BCUT2D eigenvalue weighted by Gasteiger charge is -2.36. The van der Waals surface area contributed by atoms with Crippen molar-refractivity contribution in [3.05, 3.63) is 36.0 Å². The molecule has 3 nitrogen and oxygen atoms in total. The van der Waals surface area contributed by atoms with Gasteiger partial charge in [-0.05, 0) is 54.8 Å². The molecule has 2 fully saturated rings. The van der Waals surface area contributed by atoms with Crippen LogP contribution < -0.4 is 0 Å². The third-order valence-electron chi connectivity index (χ3n) is 5.02. The Morgan fingerprint density at radius 2 is 1.95 bits per heavy atom. The Morgan fingerprint density at radius 1 is 1.25 bits per heavy atom. The Kier molecular flexibility index (Phi) is 2.63. The summed E-state index contributed by atoms with van der Waals surface area (Å²) in [6.07, 6.45) is 5.35. The van der Waals surface area contributed by atoms with Gasteiger partial charge in [0.15, 0.2) is 0 Å². The molecule has 1 aromatic carbocycles. The second-order valence-corrected chi connectivity index (χ2v) is 8.28. The summed E-state index contributed by atoms with van der Waals surface area (Å²) in [5.41, 5.74) is 1.38. The number of benzene rings is 1. The standard InChI is InChI=1S/C16H19NO2S/c1-17-7-6-11-8-12(2-5-15(11)17)16(18)9-13-3-4-14(10-16)20(13)19/h2,5-8,13-14,18H,3-4,9-10H2,1H3. The third kappa shape index (κ3) is 1.71. The number of hydrogen-bond donors (Lipinski definition) is 1. The van der Waals surface area contributed by atoms with Gasteiger partial charge in [-0.15, -0.1) is 0 Å². The summed E-state index contributed by atoms with van der Waals surface area (Å²) in [4.78, 5) is 0. The van der Waals surface area contributed by atoms with Crippen molar-refractivity contribution in [2.75, 3.05) is 0 Å². The Morgan fingerprint density at radius 3 is 2.65 bits per heavy atom. The third-order valence-corrected chi connectivity index (χ3v) is 7.14. The Labute approximate surface area is 121 Å². The van der Waals surface area contributed by atoms with Crippen LogP contribution in [0.25, 0.3) is 10.9 Å². The van der Waals surface area contributed by atoms with Gasteiger partial charge in [0.2, 0.25) is 0 Å².